The molecule has 1 aromatic carbocycles. The van der Waals surface area contributed by atoms with E-state index in [2.05, 4.69) is 6.58 Å². The quantitative estimate of drug-likeness (QED) is 0.527. The van der Waals surface area contributed by atoms with Gasteiger partial charge in [0.1, 0.15) is 0 Å². The van der Waals surface area contributed by atoms with Crippen LogP contribution in [0.1, 0.15) is 12.0 Å². The molecule has 1 N–H and O–H groups in total. The van der Waals surface area contributed by atoms with Crippen molar-refractivity contribution in [1.29, 1.82) is 0 Å². The molecule has 1 rings (SSSR count). The molecule has 0 amide bonds. The zero-order valence-electron chi connectivity index (χ0n) is 10.0. The smallest absolute Gasteiger partial charge is 0.0795 e. The maximum absolute atomic E-state index is 9.53. The minimum atomic E-state index is -0.467. The minimum absolute atomic E-state index is 0.334. The second-order valence-electron chi connectivity index (χ2n) is 3.81. The van der Waals surface area contributed by atoms with Crippen molar-refractivity contribution in [2.24, 2.45) is 0 Å². The van der Waals surface area contributed by atoms with Gasteiger partial charge in [-0.3, -0.25) is 0 Å². The molecule has 0 aliphatic rings. The van der Waals surface area contributed by atoms with E-state index in [0.717, 1.165) is 5.56 Å². The van der Waals surface area contributed by atoms with Crippen molar-refractivity contribution in [1.82, 2.24) is 0 Å². The molecule has 0 radical (unpaired) electrons. The predicted octanol–water partition coefficient (Wildman–Crippen LogP) is 2.16. The van der Waals surface area contributed by atoms with Crippen molar-refractivity contribution in [2.75, 3.05) is 19.8 Å². The van der Waals surface area contributed by atoms with Gasteiger partial charge < -0.3 is 14.6 Å². The lowest BCUT2D eigenvalue weighted by molar-refractivity contribution is 0.0190. The molecule has 0 aromatic heterocycles. The van der Waals surface area contributed by atoms with Crippen molar-refractivity contribution in [3.05, 3.63) is 48.6 Å². The molecule has 3 nitrogen and oxygen atoms in total. The maximum Gasteiger partial charge on any atom is 0.0795 e. The summed E-state index contributed by atoms with van der Waals surface area (Å²) in [6, 6.07) is 9.98. The Morgan fingerprint density at radius 3 is 2.71 bits per heavy atom. The van der Waals surface area contributed by atoms with Crippen LogP contribution in [0.2, 0.25) is 0 Å². The summed E-state index contributed by atoms with van der Waals surface area (Å²) in [6.45, 7) is 5.46. The summed E-state index contributed by atoms with van der Waals surface area (Å²) in [6.07, 6.45) is 1.79. The Balaban J connectivity index is 2.02. The van der Waals surface area contributed by atoms with E-state index in [1.165, 1.54) is 0 Å². The molecule has 0 fully saturated rings. The molecule has 0 aliphatic carbocycles. The van der Waals surface area contributed by atoms with E-state index in [4.69, 9.17) is 9.47 Å². The lowest BCUT2D eigenvalue weighted by Gasteiger charge is -2.10. The normalized spacial score (nSPS) is 12.3. The van der Waals surface area contributed by atoms with Crippen LogP contribution in [0.4, 0.5) is 0 Å². The van der Waals surface area contributed by atoms with Gasteiger partial charge in [-0.2, -0.15) is 0 Å². The third-order valence-electron chi connectivity index (χ3n) is 2.25. The van der Waals surface area contributed by atoms with Crippen LogP contribution in [-0.2, 0) is 16.1 Å². The van der Waals surface area contributed by atoms with Crippen LogP contribution in [0.25, 0.3) is 0 Å². The Morgan fingerprint density at radius 1 is 1.24 bits per heavy atom. The highest BCUT2D eigenvalue weighted by atomic mass is 16.5. The number of hydrogen-bond donors (Lipinski definition) is 1. The number of rotatable bonds is 9. The van der Waals surface area contributed by atoms with Gasteiger partial charge in [0.25, 0.3) is 0 Å². The molecule has 3 heteroatoms. The van der Waals surface area contributed by atoms with E-state index in [0.29, 0.717) is 32.8 Å². The first-order valence-electron chi connectivity index (χ1n) is 5.81. The van der Waals surface area contributed by atoms with Crippen molar-refractivity contribution in [3.8, 4) is 0 Å². The second kappa shape index (κ2) is 8.93. The van der Waals surface area contributed by atoms with Gasteiger partial charge in [0, 0.05) is 6.61 Å². The van der Waals surface area contributed by atoms with Crippen molar-refractivity contribution in [2.45, 2.75) is 19.1 Å². The molecule has 1 aromatic rings. The summed E-state index contributed by atoms with van der Waals surface area (Å²) >= 11 is 0. The molecule has 94 valence electrons. The Kier molecular flexibility index (Phi) is 7.30. The number of hydrogen-bond acceptors (Lipinski definition) is 3. The highest BCUT2D eigenvalue weighted by Crippen LogP contribution is 2.02. The molecular weight excluding hydrogens is 216 g/mol. The highest BCUT2D eigenvalue weighted by Gasteiger charge is 2.03. The van der Waals surface area contributed by atoms with Crippen LogP contribution in [0.5, 0.6) is 0 Å². The SMILES string of the molecule is C=CCOCC(O)CCOCc1ccccc1. The standard InChI is InChI=1S/C14H20O3/c1-2-9-16-12-14(15)8-10-17-11-13-6-4-3-5-7-13/h2-7,14-15H,1,8-12H2. The van der Waals surface area contributed by atoms with E-state index >= 15 is 0 Å². The van der Waals surface area contributed by atoms with Crippen molar-refractivity contribution in [3.63, 3.8) is 0 Å². The zero-order chi connectivity index (χ0) is 12.3. The van der Waals surface area contributed by atoms with Crippen LogP contribution in [-0.4, -0.2) is 31.0 Å². The van der Waals surface area contributed by atoms with E-state index in [-0.39, 0.29) is 0 Å². The molecule has 0 saturated heterocycles. The molecule has 1 unspecified atom stereocenters. The van der Waals surface area contributed by atoms with Gasteiger partial charge in [-0.15, -0.1) is 6.58 Å². The lowest BCUT2D eigenvalue weighted by Crippen LogP contribution is -2.17. The Morgan fingerprint density at radius 2 is 2.00 bits per heavy atom. The fraction of sp³-hybridized carbons (Fsp3) is 0.429. The Hall–Kier alpha value is -1.16. The molecule has 0 saturated carbocycles. The number of aliphatic hydroxyl groups is 1. The minimum Gasteiger partial charge on any atom is -0.391 e. The fourth-order valence-corrected chi connectivity index (χ4v) is 1.35. The van der Waals surface area contributed by atoms with E-state index in [1.54, 1.807) is 6.08 Å². The Bertz CT molecular complexity index is 298. The van der Waals surface area contributed by atoms with E-state index < -0.39 is 6.10 Å². The van der Waals surface area contributed by atoms with Crippen molar-refractivity contribution < 1.29 is 14.6 Å². The lowest BCUT2D eigenvalue weighted by atomic mass is 10.2. The first-order valence-corrected chi connectivity index (χ1v) is 5.81. The highest BCUT2D eigenvalue weighted by molar-refractivity contribution is 5.13. The van der Waals surface area contributed by atoms with Crippen LogP contribution in [0.15, 0.2) is 43.0 Å². The topological polar surface area (TPSA) is 38.7 Å². The van der Waals surface area contributed by atoms with Gasteiger partial charge in [-0.05, 0) is 12.0 Å². The third-order valence-corrected chi connectivity index (χ3v) is 2.25. The van der Waals surface area contributed by atoms with E-state index in [9.17, 15) is 5.11 Å². The van der Waals surface area contributed by atoms with Gasteiger partial charge in [-0.1, -0.05) is 36.4 Å². The van der Waals surface area contributed by atoms with Crippen LogP contribution < -0.4 is 0 Å². The predicted molar refractivity (Wildman–Crippen MR) is 67.7 cm³/mol. The van der Waals surface area contributed by atoms with Gasteiger partial charge in [-0.25, -0.2) is 0 Å². The molecule has 0 aliphatic heterocycles. The van der Waals surface area contributed by atoms with Gasteiger partial charge in [0.15, 0.2) is 0 Å². The van der Waals surface area contributed by atoms with Gasteiger partial charge in [0.05, 0.1) is 25.9 Å². The van der Waals surface area contributed by atoms with Crippen LogP contribution >= 0.6 is 0 Å². The summed E-state index contributed by atoms with van der Waals surface area (Å²) in [5, 5.41) is 9.53. The zero-order valence-corrected chi connectivity index (χ0v) is 10.0. The van der Waals surface area contributed by atoms with Gasteiger partial charge >= 0.3 is 0 Å². The summed E-state index contributed by atoms with van der Waals surface area (Å²) in [5.41, 5.74) is 1.14. The first kappa shape index (κ1) is 13.9. The summed E-state index contributed by atoms with van der Waals surface area (Å²) in [4.78, 5) is 0. The van der Waals surface area contributed by atoms with Gasteiger partial charge in [0.2, 0.25) is 0 Å². The molecule has 0 heterocycles. The van der Waals surface area contributed by atoms with E-state index in [1.807, 2.05) is 30.3 Å². The second-order valence-corrected chi connectivity index (χ2v) is 3.81. The summed E-state index contributed by atoms with van der Waals surface area (Å²) in [5.74, 6) is 0. The fourth-order valence-electron chi connectivity index (χ4n) is 1.35. The number of ether oxygens (including phenoxy) is 2. The van der Waals surface area contributed by atoms with Crippen LogP contribution in [0.3, 0.4) is 0 Å². The average Bonchev–Trinajstić information content (AvgIpc) is 2.36. The first-order chi connectivity index (χ1) is 8.33. The largest absolute Gasteiger partial charge is 0.391 e. The van der Waals surface area contributed by atoms with Crippen LogP contribution in [0, 0.1) is 0 Å². The molecule has 1 atom stereocenters. The molecule has 17 heavy (non-hydrogen) atoms. The maximum atomic E-state index is 9.53. The number of benzene rings is 1. The molecule has 0 bridgehead atoms. The van der Waals surface area contributed by atoms with Crippen molar-refractivity contribution >= 4 is 0 Å². The summed E-state index contributed by atoms with van der Waals surface area (Å²) in [7, 11) is 0. The summed E-state index contributed by atoms with van der Waals surface area (Å²) < 4.78 is 10.6. The molecular formula is C14H20O3. The third kappa shape index (κ3) is 6.89. The Labute approximate surface area is 103 Å². The average molecular weight is 236 g/mol. The number of aliphatic hydroxyl groups excluding tert-OH is 1. The molecule has 0 spiro atoms. The monoisotopic (exact) mass is 236 g/mol.